The second-order valence-corrected chi connectivity index (χ2v) is 5.57. The number of benzene rings is 1. The highest BCUT2D eigenvalue weighted by molar-refractivity contribution is 5.91. The van der Waals surface area contributed by atoms with E-state index in [1.165, 1.54) is 11.8 Å². The Bertz CT molecular complexity index is 617. The summed E-state index contributed by atoms with van der Waals surface area (Å²) in [6.45, 7) is 4.68. The van der Waals surface area contributed by atoms with Gasteiger partial charge in [0.2, 0.25) is 0 Å². The van der Waals surface area contributed by atoms with Gasteiger partial charge in [-0.1, -0.05) is 24.3 Å². The molecule has 5 nitrogen and oxygen atoms in total. The lowest BCUT2D eigenvalue weighted by Crippen LogP contribution is -2.48. The lowest BCUT2D eigenvalue weighted by molar-refractivity contribution is 0.0598. The monoisotopic (exact) mass is 299 g/mol. The van der Waals surface area contributed by atoms with Gasteiger partial charge in [0.25, 0.3) is 5.91 Å². The van der Waals surface area contributed by atoms with Crippen molar-refractivity contribution in [1.29, 1.82) is 0 Å². The molecule has 0 radical (unpaired) electrons. The standard InChI is InChI=1S/C17H21N3O2/c18-12-14-3-1-4-15(11-14)13-19-6-8-20(9-7-19)17(21)16-5-2-10-22-16/h1-5,10-11H,6-9,12-13,18H2. The summed E-state index contributed by atoms with van der Waals surface area (Å²) in [4.78, 5) is 16.4. The summed E-state index contributed by atoms with van der Waals surface area (Å²) in [6, 6.07) is 11.8. The van der Waals surface area contributed by atoms with Crippen LogP contribution in [0.1, 0.15) is 21.7 Å². The molecule has 1 aromatic carbocycles. The molecule has 0 aliphatic carbocycles. The molecule has 1 amide bonds. The molecule has 0 saturated carbocycles. The first kappa shape index (κ1) is 14.8. The van der Waals surface area contributed by atoms with E-state index in [4.69, 9.17) is 10.2 Å². The minimum absolute atomic E-state index is 0.0187. The van der Waals surface area contributed by atoms with Crippen LogP contribution in [0.25, 0.3) is 0 Å². The van der Waals surface area contributed by atoms with Crippen LogP contribution in [0.3, 0.4) is 0 Å². The summed E-state index contributed by atoms with van der Waals surface area (Å²) >= 11 is 0. The summed E-state index contributed by atoms with van der Waals surface area (Å²) in [5.41, 5.74) is 8.11. The van der Waals surface area contributed by atoms with Crippen LogP contribution in [0.2, 0.25) is 0 Å². The maximum atomic E-state index is 12.2. The first-order valence-corrected chi connectivity index (χ1v) is 7.59. The predicted molar refractivity (Wildman–Crippen MR) is 84.2 cm³/mol. The average molecular weight is 299 g/mol. The van der Waals surface area contributed by atoms with Crippen molar-refractivity contribution in [3.8, 4) is 0 Å². The molecule has 1 fully saturated rings. The fourth-order valence-corrected chi connectivity index (χ4v) is 2.78. The summed E-state index contributed by atoms with van der Waals surface area (Å²) < 4.78 is 5.18. The minimum Gasteiger partial charge on any atom is -0.459 e. The molecule has 2 N–H and O–H groups in total. The highest BCUT2D eigenvalue weighted by Crippen LogP contribution is 2.13. The fraction of sp³-hybridized carbons (Fsp3) is 0.353. The number of carbonyl (C=O) groups is 1. The Labute approximate surface area is 130 Å². The third-order valence-corrected chi connectivity index (χ3v) is 4.02. The first-order valence-electron chi connectivity index (χ1n) is 7.59. The maximum Gasteiger partial charge on any atom is 0.289 e. The average Bonchev–Trinajstić information content (AvgIpc) is 3.09. The van der Waals surface area contributed by atoms with Gasteiger partial charge in [0, 0.05) is 39.3 Å². The Morgan fingerprint density at radius 1 is 1.09 bits per heavy atom. The Morgan fingerprint density at radius 3 is 2.55 bits per heavy atom. The van der Waals surface area contributed by atoms with Crippen molar-refractivity contribution in [3.63, 3.8) is 0 Å². The van der Waals surface area contributed by atoms with Crippen LogP contribution in [0.5, 0.6) is 0 Å². The van der Waals surface area contributed by atoms with Gasteiger partial charge in [-0.3, -0.25) is 9.69 Å². The zero-order chi connectivity index (χ0) is 15.4. The van der Waals surface area contributed by atoms with E-state index >= 15 is 0 Å². The number of piperazine rings is 1. The molecule has 116 valence electrons. The van der Waals surface area contributed by atoms with Gasteiger partial charge in [0.15, 0.2) is 5.76 Å². The normalized spacial score (nSPS) is 16.0. The van der Waals surface area contributed by atoms with E-state index in [1.807, 2.05) is 17.0 Å². The smallest absolute Gasteiger partial charge is 0.289 e. The minimum atomic E-state index is -0.0187. The summed E-state index contributed by atoms with van der Waals surface area (Å²) in [5.74, 6) is 0.402. The summed E-state index contributed by atoms with van der Waals surface area (Å²) in [6.07, 6.45) is 1.54. The van der Waals surface area contributed by atoms with Crippen LogP contribution < -0.4 is 5.73 Å². The van der Waals surface area contributed by atoms with Gasteiger partial charge in [-0.2, -0.15) is 0 Å². The molecule has 0 unspecified atom stereocenters. The number of amides is 1. The molecule has 0 bridgehead atoms. The van der Waals surface area contributed by atoms with Crippen LogP contribution in [-0.4, -0.2) is 41.9 Å². The summed E-state index contributed by atoms with van der Waals surface area (Å²) in [5, 5.41) is 0. The lowest BCUT2D eigenvalue weighted by atomic mass is 10.1. The number of furan rings is 1. The van der Waals surface area contributed by atoms with Crippen molar-refractivity contribution < 1.29 is 9.21 Å². The summed E-state index contributed by atoms with van der Waals surface area (Å²) in [7, 11) is 0. The van der Waals surface area contributed by atoms with E-state index < -0.39 is 0 Å². The molecule has 1 saturated heterocycles. The van der Waals surface area contributed by atoms with Crippen LogP contribution in [-0.2, 0) is 13.1 Å². The highest BCUT2D eigenvalue weighted by Gasteiger charge is 2.23. The maximum absolute atomic E-state index is 12.2. The quantitative estimate of drug-likeness (QED) is 0.933. The lowest BCUT2D eigenvalue weighted by Gasteiger charge is -2.34. The van der Waals surface area contributed by atoms with Crippen LogP contribution >= 0.6 is 0 Å². The zero-order valence-electron chi connectivity index (χ0n) is 12.6. The largest absolute Gasteiger partial charge is 0.459 e. The van der Waals surface area contributed by atoms with Gasteiger partial charge in [-0.05, 0) is 23.3 Å². The van der Waals surface area contributed by atoms with Crippen LogP contribution in [0.4, 0.5) is 0 Å². The van der Waals surface area contributed by atoms with Gasteiger partial charge in [-0.15, -0.1) is 0 Å². The molecule has 0 atom stereocenters. The molecule has 2 heterocycles. The van der Waals surface area contributed by atoms with Crippen molar-refractivity contribution in [2.75, 3.05) is 26.2 Å². The first-order chi connectivity index (χ1) is 10.8. The number of rotatable bonds is 4. The molecular formula is C17H21N3O2. The number of nitrogens with two attached hydrogens (primary N) is 1. The van der Waals surface area contributed by atoms with E-state index in [1.54, 1.807) is 12.1 Å². The van der Waals surface area contributed by atoms with Gasteiger partial charge in [-0.25, -0.2) is 0 Å². The number of nitrogens with zero attached hydrogens (tertiary/aromatic N) is 2. The van der Waals surface area contributed by atoms with Gasteiger partial charge in [0.05, 0.1) is 6.26 Å². The molecular weight excluding hydrogens is 278 g/mol. The van der Waals surface area contributed by atoms with Crippen molar-refractivity contribution in [2.24, 2.45) is 5.73 Å². The fourth-order valence-electron chi connectivity index (χ4n) is 2.78. The van der Waals surface area contributed by atoms with E-state index in [-0.39, 0.29) is 5.91 Å². The molecule has 3 rings (SSSR count). The van der Waals surface area contributed by atoms with Crippen LogP contribution in [0, 0.1) is 0 Å². The van der Waals surface area contributed by atoms with Crippen molar-refractivity contribution >= 4 is 5.91 Å². The number of carbonyl (C=O) groups excluding carboxylic acids is 1. The molecule has 1 aromatic heterocycles. The Kier molecular flexibility index (Phi) is 4.56. The van der Waals surface area contributed by atoms with Gasteiger partial charge < -0.3 is 15.1 Å². The van der Waals surface area contributed by atoms with Gasteiger partial charge >= 0.3 is 0 Å². The molecule has 5 heteroatoms. The number of hydrogen-bond acceptors (Lipinski definition) is 4. The van der Waals surface area contributed by atoms with E-state index in [2.05, 4.69) is 17.0 Å². The predicted octanol–water partition coefficient (Wildman–Crippen LogP) is 1.70. The zero-order valence-corrected chi connectivity index (χ0v) is 12.6. The topological polar surface area (TPSA) is 62.7 Å². The molecule has 0 spiro atoms. The second-order valence-electron chi connectivity index (χ2n) is 5.57. The van der Waals surface area contributed by atoms with Crippen molar-refractivity contribution in [3.05, 3.63) is 59.5 Å². The third-order valence-electron chi connectivity index (χ3n) is 4.02. The highest BCUT2D eigenvalue weighted by atomic mass is 16.3. The SMILES string of the molecule is NCc1cccc(CN2CCN(C(=O)c3ccco3)CC2)c1. The second kappa shape index (κ2) is 6.77. The Balaban J connectivity index is 1.54. The van der Waals surface area contributed by atoms with Crippen molar-refractivity contribution in [2.45, 2.75) is 13.1 Å². The molecule has 22 heavy (non-hydrogen) atoms. The Morgan fingerprint density at radius 2 is 1.86 bits per heavy atom. The van der Waals surface area contributed by atoms with E-state index in [0.717, 1.165) is 38.3 Å². The van der Waals surface area contributed by atoms with Crippen molar-refractivity contribution in [1.82, 2.24) is 9.80 Å². The molecule has 1 aliphatic heterocycles. The third kappa shape index (κ3) is 3.37. The number of hydrogen-bond donors (Lipinski definition) is 1. The van der Waals surface area contributed by atoms with Gasteiger partial charge in [0.1, 0.15) is 0 Å². The molecule has 2 aromatic rings. The van der Waals surface area contributed by atoms with Crippen LogP contribution in [0.15, 0.2) is 47.1 Å². The van der Waals surface area contributed by atoms with E-state index in [0.29, 0.717) is 12.3 Å². The van der Waals surface area contributed by atoms with E-state index in [9.17, 15) is 4.79 Å². The Hall–Kier alpha value is -2.11. The molecule has 1 aliphatic rings.